The van der Waals surface area contributed by atoms with Gasteiger partial charge in [-0.05, 0) is 58.2 Å². The second-order valence-electron chi connectivity index (χ2n) is 7.57. The van der Waals surface area contributed by atoms with Gasteiger partial charge in [0, 0.05) is 35.2 Å². The number of benzene rings is 2. The van der Waals surface area contributed by atoms with Crippen molar-refractivity contribution in [3.8, 4) is 0 Å². The molecule has 1 aliphatic rings. The average Bonchev–Trinajstić information content (AvgIpc) is 3.05. The van der Waals surface area contributed by atoms with Gasteiger partial charge in [-0.2, -0.15) is 0 Å². The normalized spacial score (nSPS) is 16.2. The molecule has 2 N–H and O–H groups in total. The number of para-hydroxylation sites is 1. The van der Waals surface area contributed by atoms with Crippen LogP contribution in [0, 0.1) is 11.8 Å². The molecule has 1 aliphatic heterocycles. The molecule has 1 saturated heterocycles. The Labute approximate surface area is 178 Å². The Kier molecular flexibility index (Phi) is 6.69. The van der Waals surface area contributed by atoms with E-state index in [-0.39, 0.29) is 24.1 Å². The number of nitrogens with one attached hydrogen (secondary N) is 2. The van der Waals surface area contributed by atoms with Gasteiger partial charge in [0.15, 0.2) is 0 Å². The van der Waals surface area contributed by atoms with Crippen molar-refractivity contribution in [1.82, 2.24) is 0 Å². The summed E-state index contributed by atoms with van der Waals surface area (Å²) in [5.74, 6) is -0.419. The Morgan fingerprint density at radius 3 is 2.31 bits per heavy atom. The van der Waals surface area contributed by atoms with Crippen molar-refractivity contribution < 1.29 is 14.4 Å². The number of hydrogen-bond donors (Lipinski definition) is 2. The maximum absolute atomic E-state index is 12.6. The van der Waals surface area contributed by atoms with Gasteiger partial charge in [-0.3, -0.25) is 14.4 Å². The minimum Gasteiger partial charge on any atom is -0.326 e. The first kappa shape index (κ1) is 21.0. The highest BCUT2D eigenvalue weighted by atomic mass is 79.9. The van der Waals surface area contributed by atoms with E-state index in [0.717, 1.165) is 10.2 Å². The fraction of sp³-hybridized carbons (Fsp3) is 0.318. The van der Waals surface area contributed by atoms with Crippen LogP contribution in [-0.2, 0) is 14.4 Å². The summed E-state index contributed by atoms with van der Waals surface area (Å²) in [5.41, 5.74) is 2.09. The number of anilines is 3. The van der Waals surface area contributed by atoms with E-state index in [1.165, 1.54) is 0 Å². The van der Waals surface area contributed by atoms with E-state index in [4.69, 9.17) is 0 Å². The van der Waals surface area contributed by atoms with E-state index in [9.17, 15) is 14.4 Å². The third-order valence-corrected chi connectivity index (χ3v) is 5.34. The van der Waals surface area contributed by atoms with E-state index >= 15 is 0 Å². The first-order chi connectivity index (χ1) is 13.8. The third kappa shape index (κ3) is 5.44. The van der Waals surface area contributed by atoms with Crippen molar-refractivity contribution in [2.75, 3.05) is 22.1 Å². The standard InChI is InChI=1S/C22H24BrN3O3/c1-14(2)11-20(27)24-16-7-9-17(10-8-16)25-22(29)15-12-21(28)26(13-15)19-6-4-3-5-18(19)23/h3-10,14-15H,11-13H2,1-2H3,(H,24,27)(H,25,29). The molecule has 0 bridgehead atoms. The molecule has 2 aromatic carbocycles. The van der Waals surface area contributed by atoms with Crippen LogP contribution in [-0.4, -0.2) is 24.3 Å². The maximum atomic E-state index is 12.6. The summed E-state index contributed by atoms with van der Waals surface area (Å²) in [5, 5.41) is 5.70. The maximum Gasteiger partial charge on any atom is 0.229 e. The van der Waals surface area contributed by atoms with E-state index in [1.807, 2.05) is 38.1 Å². The minimum absolute atomic E-state index is 0.0339. The van der Waals surface area contributed by atoms with Crippen LogP contribution in [0.15, 0.2) is 53.0 Å². The van der Waals surface area contributed by atoms with E-state index in [2.05, 4.69) is 26.6 Å². The largest absolute Gasteiger partial charge is 0.326 e. The molecule has 29 heavy (non-hydrogen) atoms. The fourth-order valence-electron chi connectivity index (χ4n) is 3.25. The predicted molar refractivity (Wildman–Crippen MR) is 118 cm³/mol. The first-order valence-electron chi connectivity index (χ1n) is 9.59. The summed E-state index contributed by atoms with van der Waals surface area (Å²) >= 11 is 3.46. The Hall–Kier alpha value is -2.67. The molecule has 0 aromatic heterocycles. The van der Waals surface area contributed by atoms with Crippen LogP contribution in [0.3, 0.4) is 0 Å². The van der Waals surface area contributed by atoms with Gasteiger partial charge in [-0.25, -0.2) is 0 Å². The van der Waals surface area contributed by atoms with Crippen molar-refractivity contribution in [1.29, 1.82) is 0 Å². The van der Waals surface area contributed by atoms with E-state index in [0.29, 0.717) is 30.3 Å². The number of nitrogens with zero attached hydrogens (tertiary/aromatic N) is 1. The number of carbonyl (C=O) groups is 3. The Morgan fingerprint density at radius 2 is 1.69 bits per heavy atom. The minimum atomic E-state index is -0.417. The highest BCUT2D eigenvalue weighted by Gasteiger charge is 2.35. The smallest absolute Gasteiger partial charge is 0.229 e. The molecule has 0 saturated carbocycles. The molecule has 0 aliphatic carbocycles. The first-order valence-corrected chi connectivity index (χ1v) is 10.4. The van der Waals surface area contributed by atoms with Crippen LogP contribution in [0.1, 0.15) is 26.7 Å². The molecular weight excluding hydrogens is 434 g/mol. The topological polar surface area (TPSA) is 78.5 Å². The lowest BCUT2D eigenvalue weighted by atomic mass is 10.1. The fourth-order valence-corrected chi connectivity index (χ4v) is 3.75. The second kappa shape index (κ2) is 9.22. The Bertz CT molecular complexity index is 912. The zero-order valence-electron chi connectivity index (χ0n) is 16.4. The van der Waals surface area contributed by atoms with E-state index < -0.39 is 5.92 Å². The van der Waals surface area contributed by atoms with Crippen LogP contribution in [0.4, 0.5) is 17.1 Å². The summed E-state index contributed by atoms with van der Waals surface area (Å²) in [6.07, 6.45) is 0.638. The molecule has 3 amide bonds. The SMILES string of the molecule is CC(C)CC(=O)Nc1ccc(NC(=O)C2CC(=O)N(c3ccccc3Br)C2)cc1. The van der Waals surface area contributed by atoms with Gasteiger partial charge in [0.25, 0.3) is 0 Å². The van der Waals surface area contributed by atoms with Gasteiger partial charge in [-0.1, -0.05) is 26.0 Å². The molecular formula is C22H24BrN3O3. The summed E-state index contributed by atoms with van der Waals surface area (Å²) in [7, 11) is 0. The van der Waals surface area contributed by atoms with Gasteiger partial charge in [0.05, 0.1) is 11.6 Å². The summed E-state index contributed by atoms with van der Waals surface area (Å²) in [6, 6.07) is 14.5. The van der Waals surface area contributed by atoms with Gasteiger partial charge in [0.2, 0.25) is 17.7 Å². The summed E-state index contributed by atoms with van der Waals surface area (Å²) in [6.45, 7) is 4.32. The third-order valence-electron chi connectivity index (χ3n) is 4.67. The Morgan fingerprint density at radius 1 is 1.07 bits per heavy atom. The van der Waals surface area contributed by atoms with Crippen molar-refractivity contribution in [3.05, 3.63) is 53.0 Å². The van der Waals surface area contributed by atoms with Crippen molar-refractivity contribution >= 4 is 50.7 Å². The predicted octanol–water partition coefficient (Wildman–Crippen LogP) is 4.43. The zero-order valence-corrected chi connectivity index (χ0v) is 18.0. The van der Waals surface area contributed by atoms with Gasteiger partial charge >= 0.3 is 0 Å². The average molecular weight is 458 g/mol. The molecule has 1 fully saturated rings. The van der Waals surface area contributed by atoms with Crippen molar-refractivity contribution in [2.24, 2.45) is 11.8 Å². The molecule has 7 heteroatoms. The van der Waals surface area contributed by atoms with Crippen LogP contribution in [0.5, 0.6) is 0 Å². The summed E-state index contributed by atoms with van der Waals surface area (Å²) in [4.78, 5) is 38.5. The van der Waals surface area contributed by atoms with Gasteiger partial charge in [-0.15, -0.1) is 0 Å². The lowest BCUT2D eigenvalue weighted by molar-refractivity contribution is -0.122. The lowest BCUT2D eigenvalue weighted by Gasteiger charge is -2.18. The quantitative estimate of drug-likeness (QED) is 0.673. The van der Waals surface area contributed by atoms with Gasteiger partial charge in [0.1, 0.15) is 0 Å². The lowest BCUT2D eigenvalue weighted by Crippen LogP contribution is -2.28. The molecule has 1 heterocycles. The van der Waals surface area contributed by atoms with Crippen LogP contribution in [0.25, 0.3) is 0 Å². The molecule has 0 radical (unpaired) electrons. The highest BCUT2D eigenvalue weighted by Crippen LogP contribution is 2.31. The summed E-state index contributed by atoms with van der Waals surface area (Å²) < 4.78 is 0.824. The molecule has 152 valence electrons. The van der Waals surface area contributed by atoms with Crippen molar-refractivity contribution in [3.63, 3.8) is 0 Å². The Balaban J connectivity index is 1.59. The zero-order chi connectivity index (χ0) is 21.0. The number of rotatable bonds is 6. The van der Waals surface area contributed by atoms with Gasteiger partial charge < -0.3 is 15.5 Å². The van der Waals surface area contributed by atoms with Crippen molar-refractivity contribution in [2.45, 2.75) is 26.7 Å². The van der Waals surface area contributed by atoms with E-state index in [1.54, 1.807) is 29.2 Å². The van der Waals surface area contributed by atoms with Crippen LogP contribution in [0.2, 0.25) is 0 Å². The second-order valence-corrected chi connectivity index (χ2v) is 8.42. The number of hydrogen-bond acceptors (Lipinski definition) is 3. The molecule has 1 unspecified atom stereocenters. The molecule has 6 nitrogen and oxygen atoms in total. The highest BCUT2D eigenvalue weighted by molar-refractivity contribution is 9.10. The molecule has 1 atom stereocenters. The monoisotopic (exact) mass is 457 g/mol. The number of halogens is 1. The molecule has 3 rings (SSSR count). The molecule has 0 spiro atoms. The molecule has 2 aromatic rings. The van der Waals surface area contributed by atoms with Crippen LogP contribution >= 0.6 is 15.9 Å². The number of carbonyl (C=O) groups excluding carboxylic acids is 3. The van der Waals surface area contributed by atoms with Crippen LogP contribution < -0.4 is 15.5 Å². The number of amides is 3.